The standard InChI is InChI=1S/C13H7BrClFN2O3/c14-10-6-8(2-3-11(10)16)17-13(19)9-5-7(15)1-4-12(9)18(20)21/h1-6H,(H,17,19). The summed E-state index contributed by atoms with van der Waals surface area (Å²) in [5, 5.41) is 13.6. The molecular formula is C13H7BrClFN2O3. The van der Waals surface area contributed by atoms with Crippen molar-refractivity contribution in [3.05, 3.63) is 67.4 Å². The van der Waals surface area contributed by atoms with E-state index in [0.717, 1.165) is 12.1 Å². The van der Waals surface area contributed by atoms with Gasteiger partial charge in [0.2, 0.25) is 0 Å². The highest BCUT2D eigenvalue weighted by Crippen LogP contribution is 2.25. The molecule has 0 atom stereocenters. The van der Waals surface area contributed by atoms with Crippen LogP contribution in [0.25, 0.3) is 0 Å². The van der Waals surface area contributed by atoms with E-state index in [1.807, 2.05) is 0 Å². The first kappa shape index (κ1) is 15.4. The molecule has 0 radical (unpaired) electrons. The summed E-state index contributed by atoms with van der Waals surface area (Å²) in [5.74, 6) is -1.19. The van der Waals surface area contributed by atoms with Crippen molar-refractivity contribution < 1.29 is 14.1 Å². The van der Waals surface area contributed by atoms with E-state index < -0.39 is 16.6 Å². The molecule has 0 saturated heterocycles. The number of halogens is 3. The van der Waals surface area contributed by atoms with Crippen LogP contribution in [0.15, 0.2) is 40.9 Å². The van der Waals surface area contributed by atoms with Crippen molar-refractivity contribution in [2.24, 2.45) is 0 Å². The number of amides is 1. The predicted octanol–water partition coefficient (Wildman–Crippen LogP) is 4.40. The minimum absolute atomic E-state index is 0.167. The molecule has 0 aromatic heterocycles. The van der Waals surface area contributed by atoms with Crippen molar-refractivity contribution in [3.8, 4) is 0 Å². The molecule has 21 heavy (non-hydrogen) atoms. The second kappa shape index (κ2) is 6.19. The number of hydrogen-bond acceptors (Lipinski definition) is 3. The Labute approximate surface area is 132 Å². The van der Waals surface area contributed by atoms with Crippen LogP contribution < -0.4 is 5.32 Å². The molecule has 0 spiro atoms. The Morgan fingerprint density at radius 3 is 2.62 bits per heavy atom. The minimum Gasteiger partial charge on any atom is -0.322 e. The van der Waals surface area contributed by atoms with Crippen LogP contribution >= 0.6 is 27.5 Å². The van der Waals surface area contributed by atoms with Gasteiger partial charge in [0.1, 0.15) is 11.4 Å². The molecule has 0 aliphatic carbocycles. The summed E-state index contributed by atoms with van der Waals surface area (Å²) in [6.07, 6.45) is 0. The Hall–Kier alpha value is -1.99. The summed E-state index contributed by atoms with van der Waals surface area (Å²) in [7, 11) is 0. The average Bonchev–Trinajstić information content (AvgIpc) is 2.42. The minimum atomic E-state index is -0.706. The van der Waals surface area contributed by atoms with Gasteiger partial charge in [0.05, 0.1) is 9.40 Å². The number of nitro benzene ring substituents is 1. The van der Waals surface area contributed by atoms with E-state index in [4.69, 9.17) is 11.6 Å². The second-order valence-electron chi connectivity index (χ2n) is 4.00. The van der Waals surface area contributed by atoms with Gasteiger partial charge in [-0.05, 0) is 46.3 Å². The number of carbonyl (C=O) groups excluding carboxylic acids is 1. The summed E-state index contributed by atoms with van der Waals surface area (Å²) in [6, 6.07) is 7.53. The molecule has 0 unspecified atom stereocenters. The van der Waals surface area contributed by atoms with Crippen molar-refractivity contribution in [2.45, 2.75) is 0 Å². The molecular weight excluding hydrogens is 367 g/mol. The van der Waals surface area contributed by atoms with Crippen molar-refractivity contribution in [2.75, 3.05) is 5.32 Å². The highest BCUT2D eigenvalue weighted by atomic mass is 79.9. The number of carbonyl (C=O) groups is 1. The summed E-state index contributed by atoms with van der Waals surface area (Å²) >= 11 is 8.74. The molecule has 2 rings (SSSR count). The number of anilines is 1. The number of nitrogens with one attached hydrogen (secondary N) is 1. The van der Waals surface area contributed by atoms with Crippen LogP contribution in [0.3, 0.4) is 0 Å². The molecule has 2 aromatic carbocycles. The van der Waals surface area contributed by atoms with E-state index in [0.29, 0.717) is 5.69 Å². The van der Waals surface area contributed by atoms with Gasteiger partial charge in [0.15, 0.2) is 0 Å². The van der Waals surface area contributed by atoms with Crippen LogP contribution in [0.1, 0.15) is 10.4 Å². The molecule has 0 aliphatic heterocycles. The Kier molecular flexibility index (Phi) is 4.54. The van der Waals surface area contributed by atoms with Gasteiger partial charge in [-0.15, -0.1) is 0 Å². The molecule has 0 heterocycles. The highest BCUT2D eigenvalue weighted by molar-refractivity contribution is 9.10. The number of benzene rings is 2. The van der Waals surface area contributed by atoms with Gasteiger partial charge in [-0.25, -0.2) is 4.39 Å². The quantitative estimate of drug-likeness (QED) is 0.640. The number of nitro groups is 1. The second-order valence-corrected chi connectivity index (χ2v) is 5.29. The van der Waals surface area contributed by atoms with Gasteiger partial charge >= 0.3 is 0 Å². The largest absolute Gasteiger partial charge is 0.322 e. The van der Waals surface area contributed by atoms with Crippen LogP contribution in [-0.4, -0.2) is 10.8 Å². The Balaban J connectivity index is 2.34. The fourth-order valence-corrected chi connectivity index (χ4v) is 2.17. The lowest BCUT2D eigenvalue weighted by Crippen LogP contribution is -2.14. The first-order valence-electron chi connectivity index (χ1n) is 5.59. The first-order valence-corrected chi connectivity index (χ1v) is 6.76. The highest BCUT2D eigenvalue weighted by Gasteiger charge is 2.20. The lowest BCUT2D eigenvalue weighted by molar-refractivity contribution is -0.385. The van der Waals surface area contributed by atoms with E-state index in [1.54, 1.807) is 0 Å². The Morgan fingerprint density at radius 1 is 1.29 bits per heavy atom. The third-order valence-corrected chi connectivity index (χ3v) is 3.42. The van der Waals surface area contributed by atoms with E-state index in [1.165, 1.54) is 24.3 Å². The van der Waals surface area contributed by atoms with Crippen LogP contribution in [0.4, 0.5) is 15.8 Å². The summed E-state index contributed by atoms with van der Waals surface area (Å²) in [4.78, 5) is 22.3. The fourth-order valence-electron chi connectivity index (χ4n) is 1.62. The van der Waals surface area contributed by atoms with Gasteiger partial charge in [0.25, 0.3) is 11.6 Å². The Morgan fingerprint density at radius 2 is 2.00 bits per heavy atom. The smallest absolute Gasteiger partial charge is 0.282 e. The maximum absolute atomic E-state index is 13.1. The molecule has 108 valence electrons. The molecule has 8 heteroatoms. The van der Waals surface area contributed by atoms with Crippen LogP contribution in [0, 0.1) is 15.9 Å². The molecule has 1 N–H and O–H groups in total. The van der Waals surface area contributed by atoms with E-state index in [-0.39, 0.29) is 20.7 Å². The van der Waals surface area contributed by atoms with Crippen molar-refractivity contribution in [3.63, 3.8) is 0 Å². The van der Waals surface area contributed by atoms with Gasteiger partial charge in [-0.2, -0.15) is 0 Å². The molecule has 5 nitrogen and oxygen atoms in total. The number of rotatable bonds is 3. The summed E-state index contributed by atoms with van der Waals surface area (Å²) < 4.78 is 13.3. The monoisotopic (exact) mass is 372 g/mol. The molecule has 2 aromatic rings. The summed E-state index contributed by atoms with van der Waals surface area (Å²) in [5.41, 5.74) is -0.242. The van der Waals surface area contributed by atoms with Gasteiger partial charge in [0, 0.05) is 16.8 Å². The summed E-state index contributed by atoms with van der Waals surface area (Å²) in [6.45, 7) is 0. The molecule has 0 saturated carbocycles. The first-order chi connectivity index (χ1) is 9.88. The van der Waals surface area contributed by atoms with Crippen molar-refractivity contribution in [1.82, 2.24) is 0 Å². The lowest BCUT2D eigenvalue weighted by Gasteiger charge is -2.07. The van der Waals surface area contributed by atoms with E-state index in [2.05, 4.69) is 21.2 Å². The zero-order valence-corrected chi connectivity index (χ0v) is 12.6. The van der Waals surface area contributed by atoms with Crippen LogP contribution in [-0.2, 0) is 0 Å². The van der Waals surface area contributed by atoms with Crippen LogP contribution in [0.2, 0.25) is 5.02 Å². The van der Waals surface area contributed by atoms with E-state index in [9.17, 15) is 19.3 Å². The normalized spacial score (nSPS) is 10.2. The van der Waals surface area contributed by atoms with Gasteiger partial charge in [-0.1, -0.05) is 11.6 Å². The Bertz CT molecular complexity index is 739. The topological polar surface area (TPSA) is 72.2 Å². The molecule has 1 amide bonds. The number of hydrogen-bond donors (Lipinski definition) is 1. The average molecular weight is 374 g/mol. The molecule has 0 fully saturated rings. The van der Waals surface area contributed by atoms with Crippen molar-refractivity contribution in [1.29, 1.82) is 0 Å². The third-order valence-electron chi connectivity index (χ3n) is 2.58. The zero-order chi connectivity index (χ0) is 15.6. The zero-order valence-electron chi connectivity index (χ0n) is 10.3. The third kappa shape index (κ3) is 3.56. The maximum Gasteiger partial charge on any atom is 0.282 e. The fraction of sp³-hybridized carbons (Fsp3) is 0. The SMILES string of the molecule is O=C(Nc1ccc(F)c(Br)c1)c1cc(Cl)ccc1[N+](=O)[O-]. The van der Waals surface area contributed by atoms with Crippen LogP contribution in [0.5, 0.6) is 0 Å². The number of nitrogens with zero attached hydrogens (tertiary/aromatic N) is 1. The lowest BCUT2D eigenvalue weighted by atomic mass is 10.1. The van der Waals surface area contributed by atoms with Gasteiger partial charge in [-0.3, -0.25) is 14.9 Å². The predicted molar refractivity (Wildman–Crippen MR) is 80.2 cm³/mol. The van der Waals surface area contributed by atoms with Crippen molar-refractivity contribution >= 4 is 44.8 Å². The van der Waals surface area contributed by atoms with E-state index >= 15 is 0 Å². The van der Waals surface area contributed by atoms with Gasteiger partial charge < -0.3 is 5.32 Å². The molecule has 0 aliphatic rings. The molecule has 0 bridgehead atoms. The maximum atomic E-state index is 13.1.